The quantitative estimate of drug-likeness (QED) is 0.911. The third kappa shape index (κ3) is 2.90. The lowest BCUT2D eigenvalue weighted by atomic mass is 10.0. The normalized spacial score (nSPS) is 10.7. The Bertz CT molecular complexity index is 609. The first kappa shape index (κ1) is 14.3. The molecule has 1 N–H and O–H groups in total. The third-order valence-electron chi connectivity index (χ3n) is 3.36. The molecule has 2 aromatic rings. The van der Waals surface area contributed by atoms with Crippen molar-refractivity contribution >= 4 is 5.82 Å². The number of anilines is 1. The highest BCUT2D eigenvalue weighted by Crippen LogP contribution is 2.30. The van der Waals surface area contributed by atoms with E-state index in [1.54, 1.807) is 0 Å². The first-order valence-electron chi connectivity index (χ1n) is 6.80. The van der Waals surface area contributed by atoms with Gasteiger partial charge >= 0.3 is 0 Å². The molecule has 1 aromatic heterocycles. The molecule has 0 unspecified atom stereocenters. The Morgan fingerprint density at radius 3 is 2.55 bits per heavy atom. The highest BCUT2D eigenvalue weighted by Gasteiger charge is 2.11. The number of aromatic nitrogens is 2. The van der Waals surface area contributed by atoms with Gasteiger partial charge in [0.05, 0.1) is 5.56 Å². The number of hydrogen-bond acceptors (Lipinski definition) is 4. The largest absolute Gasteiger partial charge is 0.438 e. The predicted octanol–water partition coefficient (Wildman–Crippen LogP) is 4.05. The van der Waals surface area contributed by atoms with Gasteiger partial charge in [0.1, 0.15) is 17.9 Å². The minimum Gasteiger partial charge on any atom is -0.438 e. The summed E-state index contributed by atoms with van der Waals surface area (Å²) in [7, 11) is 1.84. The van der Waals surface area contributed by atoms with Gasteiger partial charge in [-0.25, -0.2) is 9.97 Å². The van der Waals surface area contributed by atoms with E-state index in [-0.39, 0.29) is 0 Å². The molecule has 0 amide bonds. The average molecular weight is 271 g/mol. The Kier molecular flexibility index (Phi) is 4.23. The third-order valence-corrected chi connectivity index (χ3v) is 3.36. The predicted molar refractivity (Wildman–Crippen MR) is 81.7 cm³/mol. The van der Waals surface area contributed by atoms with E-state index in [1.807, 2.05) is 20.9 Å². The number of nitrogens with one attached hydrogen (secondary N) is 1. The first-order valence-corrected chi connectivity index (χ1v) is 6.80. The Labute approximate surface area is 120 Å². The fourth-order valence-electron chi connectivity index (χ4n) is 1.98. The Morgan fingerprint density at radius 2 is 1.90 bits per heavy atom. The molecule has 4 heteroatoms. The van der Waals surface area contributed by atoms with E-state index < -0.39 is 0 Å². The summed E-state index contributed by atoms with van der Waals surface area (Å²) in [6, 6.07) is 6.31. The Morgan fingerprint density at radius 1 is 1.15 bits per heavy atom. The lowest BCUT2D eigenvalue weighted by molar-refractivity contribution is 0.453. The van der Waals surface area contributed by atoms with E-state index in [1.165, 1.54) is 11.9 Å². The van der Waals surface area contributed by atoms with Crippen LogP contribution in [-0.2, 0) is 0 Å². The van der Waals surface area contributed by atoms with Crippen LogP contribution in [0, 0.1) is 13.8 Å². The van der Waals surface area contributed by atoms with Gasteiger partial charge in [-0.05, 0) is 37.0 Å². The summed E-state index contributed by atoms with van der Waals surface area (Å²) in [6.07, 6.45) is 1.51. The highest BCUT2D eigenvalue weighted by molar-refractivity contribution is 5.49. The summed E-state index contributed by atoms with van der Waals surface area (Å²) in [4.78, 5) is 8.39. The van der Waals surface area contributed by atoms with Crippen molar-refractivity contribution in [2.45, 2.75) is 33.6 Å². The molecule has 1 aromatic carbocycles. The van der Waals surface area contributed by atoms with Crippen molar-refractivity contribution in [2.24, 2.45) is 0 Å². The van der Waals surface area contributed by atoms with Crippen molar-refractivity contribution in [1.82, 2.24) is 9.97 Å². The summed E-state index contributed by atoms with van der Waals surface area (Å²) in [5, 5.41) is 3.03. The van der Waals surface area contributed by atoms with Crippen LogP contribution in [0.3, 0.4) is 0 Å². The molecule has 0 saturated carbocycles. The summed E-state index contributed by atoms with van der Waals surface area (Å²) in [5.74, 6) is 2.69. The van der Waals surface area contributed by atoms with Crippen molar-refractivity contribution in [3.8, 4) is 11.6 Å². The molecular weight excluding hydrogens is 250 g/mol. The molecule has 0 aliphatic heterocycles. The van der Waals surface area contributed by atoms with Crippen molar-refractivity contribution in [3.05, 3.63) is 41.2 Å². The van der Waals surface area contributed by atoms with Crippen LogP contribution in [0.2, 0.25) is 0 Å². The topological polar surface area (TPSA) is 47.0 Å². The van der Waals surface area contributed by atoms with Crippen molar-refractivity contribution < 1.29 is 4.74 Å². The molecular formula is C16H21N3O. The van der Waals surface area contributed by atoms with Gasteiger partial charge in [-0.15, -0.1) is 0 Å². The molecule has 106 valence electrons. The van der Waals surface area contributed by atoms with Crippen LogP contribution in [0.4, 0.5) is 5.82 Å². The van der Waals surface area contributed by atoms with Gasteiger partial charge in [-0.2, -0.15) is 0 Å². The van der Waals surface area contributed by atoms with Gasteiger partial charge < -0.3 is 10.1 Å². The smallest absolute Gasteiger partial charge is 0.227 e. The zero-order chi connectivity index (χ0) is 14.7. The summed E-state index contributed by atoms with van der Waals surface area (Å²) in [5.41, 5.74) is 3.26. The second-order valence-corrected chi connectivity index (χ2v) is 5.18. The standard InChI is InChI=1S/C16H21N3O/c1-10(2)13-7-6-11(3)14(8-13)20-16-12(4)15(17-5)18-9-19-16/h6-10H,1-5H3,(H,17,18,19). The lowest BCUT2D eigenvalue weighted by Crippen LogP contribution is -2.01. The molecule has 20 heavy (non-hydrogen) atoms. The van der Waals surface area contributed by atoms with E-state index in [2.05, 4.69) is 47.3 Å². The molecule has 4 nitrogen and oxygen atoms in total. The number of ether oxygens (including phenoxy) is 1. The highest BCUT2D eigenvalue weighted by atomic mass is 16.5. The molecule has 0 spiro atoms. The molecule has 0 aliphatic rings. The van der Waals surface area contributed by atoms with Crippen LogP contribution in [0.25, 0.3) is 0 Å². The van der Waals surface area contributed by atoms with Crippen LogP contribution in [0.5, 0.6) is 11.6 Å². The van der Waals surface area contributed by atoms with Crippen molar-refractivity contribution in [2.75, 3.05) is 12.4 Å². The second-order valence-electron chi connectivity index (χ2n) is 5.18. The minimum atomic E-state index is 0.470. The van der Waals surface area contributed by atoms with E-state index in [0.29, 0.717) is 11.8 Å². The molecule has 0 aliphatic carbocycles. The maximum Gasteiger partial charge on any atom is 0.227 e. The van der Waals surface area contributed by atoms with Crippen molar-refractivity contribution in [3.63, 3.8) is 0 Å². The number of benzene rings is 1. The molecule has 0 radical (unpaired) electrons. The molecule has 0 saturated heterocycles. The SMILES string of the molecule is CNc1ncnc(Oc2cc(C(C)C)ccc2C)c1C. The number of hydrogen-bond donors (Lipinski definition) is 1. The number of nitrogens with zero attached hydrogens (tertiary/aromatic N) is 2. The monoisotopic (exact) mass is 271 g/mol. The van der Waals surface area contributed by atoms with Gasteiger partial charge in [0.2, 0.25) is 5.88 Å². The van der Waals surface area contributed by atoms with Crippen LogP contribution >= 0.6 is 0 Å². The minimum absolute atomic E-state index is 0.470. The van der Waals surface area contributed by atoms with E-state index in [9.17, 15) is 0 Å². The Hall–Kier alpha value is -2.10. The molecule has 2 rings (SSSR count). The summed E-state index contributed by atoms with van der Waals surface area (Å²) in [6.45, 7) is 8.32. The van der Waals surface area contributed by atoms with Gasteiger partial charge in [0.15, 0.2) is 0 Å². The van der Waals surface area contributed by atoms with Crippen LogP contribution < -0.4 is 10.1 Å². The fraction of sp³-hybridized carbons (Fsp3) is 0.375. The molecule has 0 atom stereocenters. The van der Waals surface area contributed by atoms with Gasteiger partial charge in [-0.1, -0.05) is 26.0 Å². The van der Waals surface area contributed by atoms with Gasteiger partial charge in [-0.3, -0.25) is 0 Å². The second kappa shape index (κ2) is 5.90. The summed E-state index contributed by atoms with van der Waals surface area (Å²) >= 11 is 0. The number of aryl methyl sites for hydroxylation is 1. The van der Waals surface area contributed by atoms with E-state index in [0.717, 1.165) is 22.7 Å². The van der Waals surface area contributed by atoms with Crippen LogP contribution in [-0.4, -0.2) is 17.0 Å². The molecule has 1 heterocycles. The van der Waals surface area contributed by atoms with E-state index in [4.69, 9.17) is 4.74 Å². The fourth-order valence-corrected chi connectivity index (χ4v) is 1.98. The molecule has 0 bridgehead atoms. The van der Waals surface area contributed by atoms with Crippen LogP contribution in [0.15, 0.2) is 24.5 Å². The zero-order valence-electron chi connectivity index (χ0n) is 12.7. The average Bonchev–Trinajstić information content (AvgIpc) is 2.43. The first-order chi connectivity index (χ1) is 9.52. The van der Waals surface area contributed by atoms with Crippen LogP contribution in [0.1, 0.15) is 36.5 Å². The maximum absolute atomic E-state index is 5.98. The van der Waals surface area contributed by atoms with Crippen molar-refractivity contribution in [1.29, 1.82) is 0 Å². The summed E-state index contributed by atoms with van der Waals surface area (Å²) < 4.78 is 5.98. The maximum atomic E-state index is 5.98. The lowest BCUT2D eigenvalue weighted by Gasteiger charge is -2.14. The van der Waals surface area contributed by atoms with Gasteiger partial charge in [0.25, 0.3) is 0 Å². The zero-order valence-corrected chi connectivity index (χ0v) is 12.7. The number of rotatable bonds is 4. The van der Waals surface area contributed by atoms with Gasteiger partial charge in [0, 0.05) is 7.05 Å². The molecule has 0 fully saturated rings. The Balaban J connectivity index is 2.37. The van der Waals surface area contributed by atoms with E-state index >= 15 is 0 Å².